The number of likely N-dealkylation sites (tertiary alicyclic amines) is 1. The number of urea groups is 1. The fourth-order valence-corrected chi connectivity index (χ4v) is 2.63. The van der Waals surface area contributed by atoms with Crippen LogP contribution in [0.25, 0.3) is 0 Å². The Hall–Kier alpha value is -2.12. The molecule has 1 atom stereocenters. The lowest BCUT2D eigenvalue weighted by Gasteiger charge is -2.28. The van der Waals surface area contributed by atoms with Crippen LogP contribution >= 0.6 is 0 Å². The molecule has 1 aliphatic rings. The largest absolute Gasteiger partial charge is 0.481 e. The van der Waals surface area contributed by atoms with Crippen molar-refractivity contribution < 1.29 is 14.7 Å². The predicted octanol–water partition coefficient (Wildman–Crippen LogP) is 0.457. The fraction of sp³-hybridized carbons (Fsp3) is 0.692. The Labute approximate surface area is 123 Å². The zero-order valence-corrected chi connectivity index (χ0v) is 12.5. The highest BCUT2D eigenvalue weighted by atomic mass is 16.4. The Morgan fingerprint density at radius 1 is 1.52 bits per heavy atom. The molecule has 0 radical (unpaired) electrons. The lowest BCUT2D eigenvalue weighted by molar-refractivity contribution is -0.150. The van der Waals surface area contributed by atoms with Gasteiger partial charge in [0.25, 0.3) is 0 Å². The van der Waals surface area contributed by atoms with Gasteiger partial charge in [0.2, 0.25) is 0 Å². The van der Waals surface area contributed by atoms with Crippen LogP contribution in [0.3, 0.4) is 0 Å². The quantitative estimate of drug-likeness (QED) is 0.840. The zero-order valence-electron chi connectivity index (χ0n) is 12.5. The number of aromatic nitrogens is 3. The van der Waals surface area contributed by atoms with E-state index in [0.29, 0.717) is 18.8 Å². The molecule has 116 valence electrons. The Kier molecular flexibility index (Phi) is 4.15. The molecule has 0 saturated carbocycles. The van der Waals surface area contributed by atoms with Gasteiger partial charge in [-0.2, -0.15) is 0 Å². The summed E-state index contributed by atoms with van der Waals surface area (Å²) in [6, 6.07) is -0.262. The fourth-order valence-electron chi connectivity index (χ4n) is 2.63. The first-order valence-corrected chi connectivity index (χ1v) is 6.96. The first-order valence-electron chi connectivity index (χ1n) is 6.96. The number of rotatable bonds is 4. The van der Waals surface area contributed by atoms with Crippen molar-refractivity contribution in [3.05, 3.63) is 12.2 Å². The average molecular weight is 295 g/mol. The highest BCUT2D eigenvalue weighted by Gasteiger charge is 2.48. The third-order valence-corrected chi connectivity index (χ3v) is 4.32. The van der Waals surface area contributed by atoms with Gasteiger partial charge in [0.1, 0.15) is 6.33 Å². The molecule has 1 fully saturated rings. The topological polar surface area (TPSA) is 100 Å². The zero-order chi connectivity index (χ0) is 15.6. The van der Waals surface area contributed by atoms with Gasteiger partial charge < -0.3 is 19.9 Å². The van der Waals surface area contributed by atoms with E-state index in [1.54, 1.807) is 22.8 Å². The van der Waals surface area contributed by atoms with E-state index in [4.69, 9.17) is 0 Å². The number of aliphatic carboxylic acids is 1. The summed E-state index contributed by atoms with van der Waals surface area (Å²) in [7, 11) is 1.80. The van der Waals surface area contributed by atoms with E-state index >= 15 is 0 Å². The molecule has 0 bridgehead atoms. The van der Waals surface area contributed by atoms with Crippen molar-refractivity contribution in [2.45, 2.75) is 26.8 Å². The minimum absolute atomic E-state index is 0.0217. The first-order chi connectivity index (χ1) is 9.86. The predicted molar refractivity (Wildman–Crippen MR) is 74.3 cm³/mol. The van der Waals surface area contributed by atoms with Crippen LogP contribution < -0.4 is 5.32 Å². The second kappa shape index (κ2) is 5.71. The third-order valence-electron chi connectivity index (χ3n) is 4.32. The van der Waals surface area contributed by atoms with E-state index in [1.807, 2.05) is 13.8 Å². The van der Waals surface area contributed by atoms with Crippen molar-refractivity contribution in [2.75, 3.05) is 13.1 Å². The maximum Gasteiger partial charge on any atom is 0.317 e. The lowest BCUT2D eigenvalue weighted by atomic mass is 9.76. The summed E-state index contributed by atoms with van der Waals surface area (Å²) >= 11 is 0. The van der Waals surface area contributed by atoms with Crippen molar-refractivity contribution in [3.8, 4) is 0 Å². The Morgan fingerprint density at radius 3 is 2.71 bits per heavy atom. The number of aryl methyl sites for hydroxylation is 1. The molecule has 2 N–H and O–H groups in total. The molecule has 0 aromatic carbocycles. The molecule has 0 spiro atoms. The summed E-state index contributed by atoms with van der Waals surface area (Å²) in [6.07, 6.45) is 2.04. The maximum atomic E-state index is 12.1. The Morgan fingerprint density at radius 2 is 2.24 bits per heavy atom. The molecule has 1 aromatic rings. The van der Waals surface area contributed by atoms with Gasteiger partial charge in [-0.25, -0.2) is 4.79 Å². The Bertz CT molecular complexity index is 542. The van der Waals surface area contributed by atoms with Gasteiger partial charge in [-0.1, -0.05) is 13.8 Å². The van der Waals surface area contributed by atoms with Gasteiger partial charge in [-0.3, -0.25) is 4.79 Å². The summed E-state index contributed by atoms with van der Waals surface area (Å²) in [4.78, 5) is 25.3. The summed E-state index contributed by atoms with van der Waals surface area (Å²) in [5.41, 5.74) is -0.845. The average Bonchev–Trinajstić information content (AvgIpc) is 3.03. The highest BCUT2D eigenvalue weighted by molar-refractivity contribution is 5.80. The lowest BCUT2D eigenvalue weighted by Crippen LogP contribution is -2.43. The van der Waals surface area contributed by atoms with Crippen molar-refractivity contribution in [1.82, 2.24) is 25.0 Å². The number of amides is 2. The molecule has 8 nitrogen and oxygen atoms in total. The van der Waals surface area contributed by atoms with Crippen LogP contribution in [-0.2, 0) is 18.4 Å². The highest BCUT2D eigenvalue weighted by Crippen LogP contribution is 2.38. The van der Waals surface area contributed by atoms with E-state index < -0.39 is 11.4 Å². The van der Waals surface area contributed by atoms with Gasteiger partial charge in [0.15, 0.2) is 5.82 Å². The number of carboxylic acid groups (broad SMARTS) is 1. The van der Waals surface area contributed by atoms with Crippen molar-refractivity contribution in [2.24, 2.45) is 18.4 Å². The number of hydrogen-bond donors (Lipinski definition) is 2. The molecule has 1 aromatic heterocycles. The van der Waals surface area contributed by atoms with Crippen LogP contribution in [0, 0.1) is 11.3 Å². The van der Waals surface area contributed by atoms with Gasteiger partial charge in [0, 0.05) is 20.1 Å². The second-order valence-electron chi connectivity index (χ2n) is 5.80. The van der Waals surface area contributed by atoms with Gasteiger partial charge >= 0.3 is 12.0 Å². The van der Waals surface area contributed by atoms with Gasteiger partial charge in [0.05, 0.1) is 12.0 Å². The number of hydrogen-bond acceptors (Lipinski definition) is 4. The summed E-state index contributed by atoms with van der Waals surface area (Å²) in [5, 5.41) is 19.8. The number of carbonyl (C=O) groups excluding carboxylic acids is 1. The molecule has 2 amide bonds. The van der Waals surface area contributed by atoms with Crippen LogP contribution in [-0.4, -0.2) is 49.9 Å². The summed E-state index contributed by atoms with van der Waals surface area (Å²) in [6.45, 7) is 4.73. The molecule has 2 heterocycles. The van der Waals surface area contributed by atoms with Crippen molar-refractivity contribution >= 4 is 12.0 Å². The van der Waals surface area contributed by atoms with Crippen LogP contribution in [0.1, 0.15) is 26.1 Å². The monoisotopic (exact) mass is 295 g/mol. The number of nitrogens with one attached hydrogen (secondary N) is 1. The van der Waals surface area contributed by atoms with Crippen LogP contribution in [0.4, 0.5) is 4.79 Å². The van der Waals surface area contributed by atoms with E-state index in [-0.39, 0.29) is 25.0 Å². The van der Waals surface area contributed by atoms with Gasteiger partial charge in [-0.05, 0) is 12.3 Å². The number of carbonyl (C=O) groups is 2. The summed E-state index contributed by atoms with van der Waals surface area (Å²) in [5.74, 6) is -0.205. The normalized spacial score (nSPS) is 21.8. The number of nitrogens with zero attached hydrogens (tertiary/aromatic N) is 4. The van der Waals surface area contributed by atoms with Gasteiger partial charge in [-0.15, -0.1) is 10.2 Å². The molecule has 2 rings (SSSR count). The maximum absolute atomic E-state index is 12.1. The van der Waals surface area contributed by atoms with Crippen molar-refractivity contribution in [3.63, 3.8) is 0 Å². The molecular weight excluding hydrogens is 274 g/mol. The molecule has 1 aliphatic heterocycles. The Balaban J connectivity index is 1.96. The molecular formula is C13H21N5O3. The van der Waals surface area contributed by atoms with Crippen LogP contribution in [0.15, 0.2) is 6.33 Å². The van der Waals surface area contributed by atoms with E-state index in [9.17, 15) is 14.7 Å². The van der Waals surface area contributed by atoms with Crippen LogP contribution in [0.2, 0.25) is 0 Å². The molecule has 0 aliphatic carbocycles. The SMILES string of the molecule is CC(C)C1(C(=O)O)CCN(C(=O)NCc2nncn2C)C1. The summed E-state index contributed by atoms with van der Waals surface area (Å²) < 4.78 is 1.72. The molecule has 21 heavy (non-hydrogen) atoms. The van der Waals surface area contributed by atoms with Crippen molar-refractivity contribution in [1.29, 1.82) is 0 Å². The van der Waals surface area contributed by atoms with E-state index in [2.05, 4.69) is 15.5 Å². The minimum Gasteiger partial charge on any atom is -0.481 e. The minimum atomic E-state index is -0.845. The molecule has 8 heteroatoms. The van der Waals surface area contributed by atoms with E-state index in [0.717, 1.165) is 0 Å². The standard InChI is InChI=1S/C13H21N5O3/c1-9(2)13(11(19)20)4-5-18(7-13)12(21)14-6-10-16-15-8-17(10)3/h8-9H,4-7H2,1-3H3,(H,14,21)(H,19,20). The molecule has 1 unspecified atom stereocenters. The van der Waals surface area contributed by atoms with Crippen LogP contribution in [0.5, 0.6) is 0 Å². The molecule has 1 saturated heterocycles. The smallest absolute Gasteiger partial charge is 0.317 e. The number of carboxylic acids is 1. The second-order valence-corrected chi connectivity index (χ2v) is 5.80. The third kappa shape index (κ3) is 2.84. The van der Waals surface area contributed by atoms with E-state index in [1.165, 1.54) is 0 Å². The first kappa shape index (κ1) is 15.3.